The van der Waals surface area contributed by atoms with Crippen LogP contribution in [0.25, 0.3) is 0 Å². The number of rotatable bonds is 11. The lowest BCUT2D eigenvalue weighted by atomic mass is 10.1. The molecule has 1 amide bonds. The average molecular weight is 546 g/mol. The minimum absolute atomic E-state index is 0.145. The summed E-state index contributed by atoms with van der Waals surface area (Å²) in [5, 5.41) is 5.62. The van der Waals surface area contributed by atoms with Crippen LogP contribution < -0.4 is 5.01 Å². The first-order valence-corrected chi connectivity index (χ1v) is 13.2. The van der Waals surface area contributed by atoms with Crippen molar-refractivity contribution in [1.82, 2.24) is 4.90 Å². The fourth-order valence-corrected chi connectivity index (χ4v) is 4.53. The van der Waals surface area contributed by atoms with Gasteiger partial charge in [-0.2, -0.15) is 5.01 Å². The van der Waals surface area contributed by atoms with Gasteiger partial charge in [0.15, 0.2) is 6.61 Å². The first-order chi connectivity index (χ1) is 17.9. The van der Waals surface area contributed by atoms with Crippen molar-refractivity contribution in [1.29, 1.82) is 0 Å². The number of hydrogen-bond acceptors (Lipinski definition) is 8. The zero-order chi connectivity index (χ0) is 27.9. The van der Waals surface area contributed by atoms with Crippen LogP contribution in [0.2, 0.25) is 0 Å². The second-order valence-corrected chi connectivity index (χ2v) is 12.1. The van der Waals surface area contributed by atoms with Crippen molar-refractivity contribution < 1.29 is 28.2 Å². The summed E-state index contributed by atoms with van der Waals surface area (Å²) in [6, 6.07) is 13.6. The number of halogens is 1. The second kappa shape index (κ2) is 12.7. The van der Waals surface area contributed by atoms with Gasteiger partial charge in [-0.25, -0.2) is 4.39 Å². The molecule has 0 saturated carbocycles. The summed E-state index contributed by atoms with van der Waals surface area (Å²) in [4.78, 5) is 28.0. The van der Waals surface area contributed by atoms with Gasteiger partial charge in [-0.15, -0.1) is 16.9 Å². The van der Waals surface area contributed by atoms with Gasteiger partial charge < -0.3 is 14.2 Å². The Bertz CT molecular complexity index is 1130. The van der Waals surface area contributed by atoms with Gasteiger partial charge in [-0.3, -0.25) is 14.5 Å². The Kier molecular flexibility index (Phi) is 9.92. The van der Waals surface area contributed by atoms with Crippen molar-refractivity contribution >= 4 is 35.2 Å². The van der Waals surface area contributed by atoms with E-state index in [9.17, 15) is 14.0 Å². The fraction of sp³-hybridized carbons (Fsp3) is 0.464. The molecule has 2 aromatic rings. The van der Waals surface area contributed by atoms with E-state index in [0.717, 1.165) is 10.5 Å². The number of hydrazone groups is 1. The van der Waals surface area contributed by atoms with Crippen LogP contribution in [0, 0.1) is 5.82 Å². The molecule has 38 heavy (non-hydrogen) atoms. The predicted octanol–water partition coefficient (Wildman–Crippen LogP) is 4.86. The van der Waals surface area contributed by atoms with E-state index in [4.69, 9.17) is 14.2 Å². The summed E-state index contributed by atoms with van der Waals surface area (Å²) in [6.07, 6.45) is 0. The van der Waals surface area contributed by atoms with Crippen molar-refractivity contribution in [3.8, 4) is 0 Å². The summed E-state index contributed by atoms with van der Waals surface area (Å²) in [6.45, 7) is 11.2. The zero-order valence-corrected chi connectivity index (χ0v) is 23.6. The summed E-state index contributed by atoms with van der Waals surface area (Å²) in [7, 11) is 1.64. The lowest BCUT2D eigenvalue weighted by molar-refractivity contribution is -0.156. The molecule has 0 atom stereocenters. The molecule has 10 heteroatoms. The summed E-state index contributed by atoms with van der Waals surface area (Å²) in [5.41, 5.74) is 0.992. The van der Waals surface area contributed by atoms with Crippen molar-refractivity contribution in [2.45, 2.75) is 56.4 Å². The molecule has 1 heterocycles. The Hall–Kier alpha value is -2.95. The number of ether oxygens (including phenoxy) is 3. The van der Waals surface area contributed by atoms with Crippen LogP contribution in [-0.2, 0) is 30.3 Å². The number of thioether (sulfide) groups is 1. The van der Waals surface area contributed by atoms with E-state index in [2.05, 4.69) is 10.0 Å². The molecule has 2 aromatic carbocycles. The number of benzene rings is 2. The van der Waals surface area contributed by atoms with Crippen LogP contribution in [-0.4, -0.2) is 66.4 Å². The number of amides is 1. The molecule has 0 bridgehead atoms. The predicted molar refractivity (Wildman–Crippen MR) is 147 cm³/mol. The molecule has 206 valence electrons. The molecular weight excluding hydrogens is 509 g/mol. The minimum Gasteiger partial charge on any atom is -0.469 e. The van der Waals surface area contributed by atoms with Gasteiger partial charge in [-0.05, 0) is 76.6 Å². The van der Waals surface area contributed by atoms with Gasteiger partial charge >= 0.3 is 5.97 Å². The number of carbonyl (C=O) groups is 2. The number of carbonyl (C=O) groups excluding carboxylic acids is 2. The van der Waals surface area contributed by atoms with Gasteiger partial charge in [0.1, 0.15) is 16.2 Å². The largest absolute Gasteiger partial charge is 0.469 e. The highest BCUT2D eigenvalue weighted by Gasteiger charge is 2.33. The molecule has 0 fully saturated rings. The fourth-order valence-electron chi connectivity index (χ4n) is 3.55. The maximum Gasteiger partial charge on any atom is 0.322 e. The van der Waals surface area contributed by atoms with Crippen LogP contribution in [0.15, 0.2) is 58.5 Å². The van der Waals surface area contributed by atoms with Crippen molar-refractivity contribution in [2.24, 2.45) is 5.10 Å². The number of nitrogens with zero attached hydrogens (tertiary/aromatic N) is 3. The third-order valence-corrected chi connectivity index (χ3v) is 6.63. The Labute approximate surface area is 228 Å². The molecule has 0 unspecified atom stereocenters. The Balaban J connectivity index is 1.68. The molecular formula is C28H36FN3O5S. The molecule has 3 rings (SSSR count). The van der Waals surface area contributed by atoms with E-state index in [1.807, 2.05) is 58.9 Å². The summed E-state index contributed by atoms with van der Waals surface area (Å²) >= 11 is 1.46. The highest BCUT2D eigenvalue weighted by atomic mass is 32.2. The molecule has 0 N–H and O–H groups in total. The topological polar surface area (TPSA) is 80.7 Å². The molecule has 0 aliphatic carbocycles. The zero-order valence-electron chi connectivity index (χ0n) is 22.8. The molecule has 8 nitrogen and oxygen atoms in total. The third-order valence-electron chi connectivity index (χ3n) is 5.44. The van der Waals surface area contributed by atoms with Gasteiger partial charge in [-0.1, -0.05) is 12.1 Å². The van der Waals surface area contributed by atoms with E-state index >= 15 is 0 Å². The van der Waals surface area contributed by atoms with Crippen molar-refractivity contribution in [3.63, 3.8) is 0 Å². The summed E-state index contributed by atoms with van der Waals surface area (Å²) < 4.78 is 29.0. The highest BCUT2D eigenvalue weighted by molar-refractivity contribution is 8.01. The quantitative estimate of drug-likeness (QED) is 0.295. The normalized spacial score (nSPS) is 14.4. The first-order valence-electron chi connectivity index (χ1n) is 12.4. The van der Waals surface area contributed by atoms with E-state index in [-0.39, 0.29) is 24.3 Å². The van der Waals surface area contributed by atoms with Crippen LogP contribution in [0.5, 0.6) is 0 Å². The van der Waals surface area contributed by atoms with Gasteiger partial charge in [0.25, 0.3) is 5.91 Å². The smallest absolute Gasteiger partial charge is 0.322 e. The molecule has 1 aliphatic rings. The monoisotopic (exact) mass is 545 g/mol. The average Bonchev–Trinajstić information content (AvgIpc) is 2.84. The summed E-state index contributed by atoms with van der Waals surface area (Å²) in [5.74, 6) is -0.587. The van der Waals surface area contributed by atoms with Crippen molar-refractivity contribution in [2.75, 3.05) is 38.4 Å². The molecule has 0 radical (unpaired) electrons. The lowest BCUT2D eigenvalue weighted by Gasteiger charge is -2.28. The van der Waals surface area contributed by atoms with E-state index < -0.39 is 10.3 Å². The molecule has 0 spiro atoms. The Morgan fingerprint density at radius 2 is 1.74 bits per heavy atom. The maximum absolute atomic E-state index is 13.3. The van der Waals surface area contributed by atoms with Crippen LogP contribution in [0.3, 0.4) is 0 Å². The minimum atomic E-state index is -0.733. The van der Waals surface area contributed by atoms with Crippen LogP contribution in [0.4, 0.5) is 10.1 Å². The maximum atomic E-state index is 13.3. The molecule has 0 saturated heterocycles. The van der Waals surface area contributed by atoms with Gasteiger partial charge in [0, 0.05) is 25.1 Å². The van der Waals surface area contributed by atoms with E-state index in [0.29, 0.717) is 37.8 Å². The van der Waals surface area contributed by atoms with Gasteiger partial charge in [0.05, 0.1) is 18.8 Å². The van der Waals surface area contributed by atoms with E-state index in [1.165, 1.54) is 41.0 Å². The number of anilines is 1. The Morgan fingerprint density at radius 1 is 1.08 bits per heavy atom. The standard InChI is InChI=1S/C28H36FN3O5S/c1-27(2,3)37-26(34)28(4,5)38-23-13-7-20(8-14-23)17-31(15-16-35-6)18-24-30-32(25(33)19-36-24)22-11-9-21(29)10-12-22/h7-14H,15-19H2,1-6H3. The number of methoxy groups -OCH3 is 1. The number of hydrogen-bond donors (Lipinski definition) is 0. The van der Waals surface area contributed by atoms with E-state index in [1.54, 1.807) is 7.11 Å². The second-order valence-electron chi connectivity index (χ2n) is 10.4. The van der Waals surface area contributed by atoms with Crippen LogP contribution >= 0.6 is 11.8 Å². The SMILES string of the molecule is COCCN(CC1=NN(c2ccc(F)cc2)C(=O)CO1)Cc1ccc(SC(C)(C)C(=O)OC(C)(C)C)cc1. The Morgan fingerprint density at radius 3 is 2.34 bits per heavy atom. The molecule has 1 aliphatic heterocycles. The van der Waals surface area contributed by atoms with Crippen molar-refractivity contribution in [3.05, 3.63) is 59.9 Å². The molecule has 0 aromatic heterocycles. The third kappa shape index (κ3) is 8.82. The van der Waals surface area contributed by atoms with Crippen LogP contribution in [0.1, 0.15) is 40.2 Å². The lowest BCUT2D eigenvalue weighted by Crippen LogP contribution is -2.41. The first kappa shape index (κ1) is 29.6. The highest BCUT2D eigenvalue weighted by Crippen LogP contribution is 2.34. The number of esters is 1. The van der Waals surface area contributed by atoms with Gasteiger partial charge in [0.2, 0.25) is 5.90 Å².